The van der Waals surface area contributed by atoms with Gasteiger partial charge in [-0.05, 0) is 37.5 Å². The summed E-state index contributed by atoms with van der Waals surface area (Å²) in [4.78, 5) is 11.4. The molecule has 1 unspecified atom stereocenters. The van der Waals surface area contributed by atoms with E-state index >= 15 is 0 Å². The minimum Gasteiger partial charge on any atom is -0.482 e. The van der Waals surface area contributed by atoms with Crippen LogP contribution in [0.1, 0.15) is 31.4 Å². The summed E-state index contributed by atoms with van der Waals surface area (Å²) in [5.74, 6) is 0.645. The third-order valence-corrected chi connectivity index (χ3v) is 3.84. The zero-order chi connectivity index (χ0) is 13.9. The first-order valence-corrected chi connectivity index (χ1v) is 7.13. The first-order valence-electron chi connectivity index (χ1n) is 7.13. The lowest BCUT2D eigenvalue weighted by atomic mass is 10.0. The molecule has 1 saturated heterocycles. The van der Waals surface area contributed by atoms with Gasteiger partial charge < -0.3 is 20.1 Å². The number of amides is 1. The zero-order valence-electron chi connectivity index (χ0n) is 11.6. The highest BCUT2D eigenvalue weighted by atomic mass is 16.5. The predicted molar refractivity (Wildman–Crippen MR) is 76.0 cm³/mol. The summed E-state index contributed by atoms with van der Waals surface area (Å²) in [7, 11) is 0. The molecular formula is C15H20N2O3. The molecule has 20 heavy (non-hydrogen) atoms. The van der Waals surface area contributed by atoms with Gasteiger partial charge in [-0.1, -0.05) is 6.07 Å². The lowest BCUT2D eigenvalue weighted by molar-refractivity contribution is -0.118. The molecule has 5 heteroatoms. The summed E-state index contributed by atoms with van der Waals surface area (Å²) < 4.78 is 10.7. The number of nitrogens with one attached hydrogen (secondary N) is 2. The van der Waals surface area contributed by atoms with E-state index in [1.807, 2.05) is 18.2 Å². The quantitative estimate of drug-likeness (QED) is 0.884. The fraction of sp³-hybridized carbons (Fsp3) is 0.533. The fourth-order valence-corrected chi connectivity index (χ4v) is 2.68. The van der Waals surface area contributed by atoms with Crippen molar-refractivity contribution in [1.29, 1.82) is 0 Å². The van der Waals surface area contributed by atoms with Gasteiger partial charge in [0, 0.05) is 25.3 Å². The van der Waals surface area contributed by atoms with E-state index in [0.717, 1.165) is 43.1 Å². The summed E-state index contributed by atoms with van der Waals surface area (Å²) in [6.07, 6.45) is 2.10. The largest absolute Gasteiger partial charge is 0.482 e. The molecule has 2 aliphatic heterocycles. The number of ether oxygens (including phenoxy) is 2. The Morgan fingerprint density at radius 2 is 2.15 bits per heavy atom. The Labute approximate surface area is 118 Å². The topological polar surface area (TPSA) is 59.6 Å². The molecule has 2 heterocycles. The van der Waals surface area contributed by atoms with Crippen molar-refractivity contribution in [3.8, 4) is 5.75 Å². The van der Waals surface area contributed by atoms with Gasteiger partial charge in [0.1, 0.15) is 5.75 Å². The maximum Gasteiger partial charge on any atom is 0.262 e. The Hall–Kier alpha value is -1.59. The van der Waals surface area contributed by atoms with Crippen molar-refractivity contribution in [1.82, 2.24) is 5.32 Å². The second-order valence-electron chi connectivity index (χ2n) is 5.37. The molecule has 0 radical (unpaired) electrons. The Morgan fingerprint density at radius 1 is 1.35 bits per heavy atom. The van der Waals surface area contributed by atoms with Crippen molar-refractivity contribution in [2.24, 2.45) is 0 Å². The van der Waals surface area contributed by atoms with Crippen LogP contribution in [0.25, 0.3) is 0 Å². The summed E-state index contributed by atoms with van der Waals surface area (Å²) in [5.41, 5.74) is 1.92. The van der Waals surface area contributed by atoms with E-state index in [-0.39, 0.29) is 18.6 Å². The standard InChI is InChI=1S/C15H20N2O3/c1-10(16-12-4-6-19-7-5-12)11-2-3-14-13(8-11)17-15(18)9-20-14/h2-3,8,10,12,16H,4-7,9H2,1H3,(H,17,18). The normalized spacial score (nSPS) is 20.8. The molecule has 0 aliphatic carbocycles. The summed E-state index contributed by atoms with van der Waals surface area (Å²) >= 11 is 0. The number of hydrogen-bond acceptors (Lipinski definition) is 4. The average molecular weight is 276 g/mol. The van der Waals surface area contributed by atoms with Gasteiger partial charge in [-0.25, -0.2) is 0 Å². The molecular weight excluding hydrogens is 256 g/mol. The minimum atomic E-state index is -0.0975. The molecule has 2 N–H and O–H groups in total. The molecule has 0 bridgehead atoms. The van der Waals surface area contributed by atoms with E-state index in [1.165, 1.54) is 0 Å². The Kier molecular flexibility index (Phi) is 3.89. The van der Waals surface area contributed by atoms with Gasteiger partial charge in [-0.3, -0.25) is 4.79 Å². The van der Waals surface area contributed by atoms with Crippen molar-refractivity contribution in [2.45, 2.75) is 31.8 Å². The van der Waals surface area contributed by atoms with Crippen LogP contribution in [0.5, 0.6) is 5.75 Å². The molecule has 2 aliphatic rings. The van der Waals surface area contributed by atoms with Gasteiger partial charge in [0.05, 0.1) is 5.69 Å². The minimum absolute atomic E-state index is 0.0975. The molecule has 1 aromatic carbocycles. The molecule has 1 amide bonds. The summed E-state index contributed by atoms with van der Waals surface area (Å²) in [5, 5.41) is 6.47. The van der Waals surface area contributed by atoms with Crippen molar-refractivity contribution in [3.63, 3.8) is 0 Å². The first-order chi connectivity index (χ1) is 9.72. The number of hydrogen-bond donors (Lipinski definition) is 2. The highest BCUT2D eigenvalue weighted by Crippen LogP contribution is 2.30. The lowest BCUT2D eigenvalue weighted by Gasteiger charge is -2.27. The van der Waals surface area contributed by atoms with E-state index in [1.54, 1.807) is 0 Å². The molecule has 0 aromatic heterocycles. The summed E-state index contributed by atoms with van der Waals surface area (Å²) in [6, 6.07) is 6.70. The molecule has 1 aromatic rings. The van der Waals surface area contributed by atoms with E-state index in [4.69, 9.17) is 9.47 Å². The highest BCUT2D eigenvalue weighted by molar-refractivity contribution is 5.95. The second kappa shape index (κ2) is 5.81. The van der Waals surface area contributed by atoms with Gasteiger partial charge in [-0.2, -0.15) is 0 Å². The third kappa shape index (κ3) is 2.94. The lowest BCUT2D eigenvalue weighted by Crippen LogP contribution is -2.36. The van der Waals surface area contributed by atoms with Gasteiger partial charge in [0.2, 0.25) is 0 Å². The molecule has 5 nitrogen and oxygen atoms in total. The van der Waals surface area contributed by atoms with Crippen LogP contribution in [0.3, 0.4) is 0 Å². The van der Waals surface area contributed by atoms with Crippen LogP contribution in [-0.4, -0.2) is 31.8 Å². The smallest absolute Gasteiger partial charge is 0.262 e. The maximum absolute atomic E-state index is 11.4. The van der Waals surface area contributed by atoms with Crippen LogP contribution in [0.4, 0.5) is 5.69 Å². The maximum atomic E-state index is 11.4. The second-order valence-corrected chi connectivity index (χ2v) is 5.37. The third-order valence-electron chi connectivity index (χ3n) is 3.84. The van der Waals surface area contributed by atoms with E-state index in [0.29, 0.717) is 6.04 Å². The van der Waals surface area contributed by atoms with Crippen molar-refractivity contribution >= 4 is 11.6 Å². The van der Waals surface area contributed by atoms with E-state index < -0.39 is 0 Å². The van der Waals surface area contributed by atoms with Crippen molar-refractivity contribution in [2.75, 3.05) is 25.1 Å². The Morgan fingerprint density at radius 3 is 2.95 bits per heavy atom. The number of carbonyl (C=O) groups excluding carboxylic acids is 1. The van der Waals surface area contributed by atoms with Gasteiger partial charge in [0.15, 0.2) is 6.61 Å². The number of rotatable bonds is 3. The molecule has 0 spiro atoms. The van der Waals surface area contributed by atoms with Gasteiger partial charge >= 0.3 is 0 Å². The SMILES string of the molecule is CC(NC1CCOCC1)c1ccc2c(c1)NC(=O)CO2. The molecule has 0 saturated carbocycles. The highest BCUT2D eigenvalue weighted by Gasteiger charge is 2.20. The Bertz CT molecular complexity index is 498. The number of benzene rings is 1. The number of anilines is 1. The number of carbonyl (C=O) groups is 1. The molecule has 108 valence electrons. The molecule has 1 atom stereocenters. The van der Waals surface area contributed by atoms with Crippen LogP contribution in [-0.2, 0) is 9.53 Å². The molecule has 3 rings (SSSR count). The zero-order valence-corrected chi connectivity index (χ0v) is 11.6. The fourth-order valence-electron chi connectivity index (χ4n) is 2.68. The average Bonchev–Trinajstić information content (AvgIpc) is 2.47. The molecule has 1 fully saturated rings. The monoisotopic (exact) mass is 276 g/mol. The first kappa shape index (κ1) is 13.4. The van der Waals surface area contributed by atoms with Gasteiger partial charge in [0.25, 0.3) is 5.91 Å². The van der Waals surface area contributed by atoms with Gasteiger partial charge in [-0.15, -0.1) is 0 Å². The number of fused-ring (bicyclic) bond motifs is 1. The van der Waals surface area contributed by atoms with Crippen molar-refractivity contribution < 1.29 is 14.3 Å². The predicted octanol–water partition coefficient (Wildman–Crippen LogP) is 1.85. The van der Waals surface area contributed by atoms with Crippen LogP contribution >= 0.6 is 0 Å². The van der Waals surface area contributed by atoms with Crippen LogP contribution in [0.15, 0.2) is 18.2 Å². The van der Waals surface area contributed by atoms with E-state index in [9.17, 15) is 4.79 Å². The van der Waals surface area contributed by atoms with Crippen LogP contribution < -0.4 is 15.4 Å². The van der Waals surface area contributed by atoms with E-state index in [2.05, 4.69) is 17.6 Å². The summed E-state index contributed by atoms with van der Waals surface area (Å²) in [6.45, 7) is 3.90. The van der Waals surface area contributed by atoms with Crippen LogP contribution in [0, 0.1) is 0 Å². The van der Waals surface area contributed by atoms with Crippen molar-refractivity contribution in [3.05, 3.63) is 23.8 Å². The Balaban J connectivity index is 1.69. The van der Waals surface area contributed by atoms with Crippen LogP contribution in [0.2, 0.25) is 0 Å².